The number of pyridine rings is 1. The molecule has 0 radical (unpaired) electrons. The number of hydrogen-bond acceptors (Lipinski definition) is 4. The zero-order valence-corrected chi connectivity index (χ0v) is 15.0. The van der Waals surface area contributed by atoms with E-state index in [1.165, 1.54) is 0 Å². The molecule has 1 fully saturated rings. The molecule has 1 aromatic heterocycles. The summed E-state index contributed by atoms with van der Waals surface area (Å²) in [6.45, 7) is 2.28. The monoisotopic (exact) mass is 352 g/mol. The molecular weight excluding hydrogens is 328 g/mol. The van der Waals surface area contributed by atoms with E-state index in [0.717, 1.165) is 17.8 Å². The summed E-state index contributed by atoms with van der Waals surface area (Å²) in [5.41, 5.74) is 2.14. The van der Waals surface area contributed by atoms with Crippen LogP contribution in [0, 0.1) is 5.92 Å². The van der Waals surface area contributed by atoms with Crippen LogP contribution in [0.4, 0.5) is 5.69 Å². The van der Waals surface area contributed by atoms with Crippen LogP contribution in [0.2, 0.25) is 0 Å². The highest BCUT2D eigenvalue weighted by molar-refractivity contribution is 5.89. The number of amides is 2. The van der Waals surface area contributed by atoms with Gasteiger partial charge in [0.05, 0.1) is 5.92 Å². The molecule has 1 N–H and O–H groups in total. The fourth-order valence-electron chi connectivity index (χ4n) is 3.11. The van der Waals surface area contributed by atoms with Crippen LogP contribution in [0.1, 0.15) is 12.0 Å². The second kappa shape index (κ2) is 8.47. The van der Waals surface area contributed by atoms with Crippen molar-refractivity contribution in [2.45, 2.75) is 13.0 Å². The first-order valence-corrected chi connectivity index (χ1v) is 8.84. The average molecular weight is 352 g/mol. The van der Waals surface area contributed by atoms with Gasteiger partial charge in [0, 0.05) is 57.7 Å². The van der Waals surface area contributed by atoms with E-state index in [0.29, 0.717) is 19.6 Å². The molecule has 2 heterocycles. The van der Waals surface area contributed by atoms with Gasteiger partial charge in [-0.25, -0.2) is 0 Å². The topological polar surface area (TPSA) is 65.5 Å². The van der Waals surface area contributed by atoms with Gasteiger partial charge in [-0.15, -0.1) is 0 Å². The van der Waals surface area contributed by atoms with Crippen molar-refractivity contribution in [1.82, 2.24) is 15.2 Å². The van der Waals surface area contributed by atoms with E-state index in [2.05, 4.69) is 15.2 Å². The lowest BCUT2D eigenvalue weighted by atomic mass is 10.1. The third-order valence-electron chi connectivity index (χ3n) is 4.65. The van der Waals surface area contributed by atoms with Gasteiger partial charge in [0.2, 0.25) is 11.8 Å². The molecule has 0 aliphatic carbocycles. The van der Waals surface area contributed by atoms with Gasteiger partial charge in [-0.05, 0) is 29.8 Å². The second-order valence-electron chi connectivity index (χ2n) is 6.58. The molecule has 3 rings (SSSR count). The van der Waals surface area contributed by atoms with Gasteiger partial charge >= 0.3 is 0 Å². The van der Waals surface area contributed by atoms with E-state index >= 15 is 0 Å². The Morgan fingerprint density at radius 2 is 1.96 bits per heavy atom. The minimum atomic E-state index is -0.272. The molecule has 0 saturated carbocycles. The Labute approximate surface area is 153 Å². The summed E-state index contributed by atoms with van der Waals surface area (Å²) in [5.74, 6) is -0.285. The lowest BCUT2D eigenvalue weighted by Gasteiger charge is -2.20. The predicted molar refractivity (Wildman–Crippen MR) is 100 cm³/mol. The molecule has 1 atom stereocenters. The van der Waals surface area contributed by atoms with Gasteiger partial charge in [-0.3, -0.25) is 14.6 Å². The Bertz CT molecular complexity index is 736. The molecule has 1 saturated heterocycles. The number of carbonyl (C=O) groups is 2. The first kappa shape index (κ1) is 17.9. The molecule has 2 amide bonds. The van der Waals surface area contributed by atoms with Gasteiger partial charge in [-0.1, -0.05) is 18.2 Å². The number of benzene rings is 1. The first-order valence-electron chi connectivity index (χ1n) is 8.84. The van der Waals surface area contributed by atoms with E-state index in [-0.39, 0.29) is 24.2 Å². The van der Waals surface area contributed by atoms with Crippen LogP contribution >= 0.6 is 0 Å². The van der Waals surface area contributed by atoms with Crippen LogP contribution in [0.3, 0.4) is 0 Å². The van der Waals surface area contributed by atoms with Crippen LogP contribution in [0.5, 0.6) is 0 Å². The number of rotatable bonds is 7. The molecule has 0 bridgehead atoms. The van der Waals surface area contributed by atoms with Crippen molar-refractivity contribution in [3.63, 3.8) is 0 Å². The third kappa shape index (κ3) is 4.59. The summed E-state index contributed by atoms with van der Waals surface area (Å²) in [6, 6.07) is 13.8. The lowest BCUT2D eigenvalue weighted by molar-refractivity contribution is -0.129. The molecule has 136 valence electrons. The largest absolute Gasteiger partial charge is 0.373 e. The van der Waals surface area contributed by atoms with Gasteiger partial charge in [0.1, 0.15) is 0 Å². The average Bonchev–Trinajstić information content (AvgIpc) is 3.04. The molecule has 1 aliphatic rings. The van der Waals surface area contributed by atoms with E-state index in [9.17, 15) is 9.59 Å². The summed E-state index contributed by atoms with van der Waals surface area (Å²) in [7, 11) is 2.00. The van der Waals surface area contributed by atoms with E-state index in [4.69, 9.17) is 0 Å². The molecular formula is C20H24N4O2. The van der Waals surface area contributed by atoms with Gasteiger partial charge < -0.3 is 15.1 Å². The summed E-state index contributed by atoms with van der Waals surface area (Å²) < 4.78 is 0. The summed E-state index contributed by atoms with van der Waals surface area (Å²) in [5, 5.41) is 2.96. The standard InChI is InChI=1S/C20H24N4O2/c1-23(18-5-3-2-4-6-18)12-11-22-20(26)17-13-19(25)24(15-17)14-16-7-9-21-10-8-16/h2-10,17H,11-15H2,1H3,(H,22,26)/t17-/m0/s1. The summed E-state index contributed by atoms with van der Waals surface area (Å²) in [6.07, 6.45) is 3.71. The number of likely N-dealkylation sites (tertiary alicyclic amines) is 1. The molecule has 0 spiro atoms. The summed E-state index contributed by atoms with van der Waals surface area (Å²) in [4.78, 5) is 32.4. The third-order valence-corrected chi connectivity index (χ3v) is 4.65. The molecule has 0 unspecified atom stereocenters. The molecule has 1 aliphatic heterocycles. The Kier molecular flexibility index (Phi) is 5.84. The van der Waals surface area contributed by atoms with Crippen molar-refractivity contribution < 1.29 is 9.59 Å². The zero-order chi connectivity index (χ0) is 18.4. The quantitative estimate of drug-likeness (QED) is 0.823. The highest BCUT2D eigenvalue weighted by Crippen LogP contribution is 2.20. The fraction of sp³-hybridized carbons (Fsp3) is 0.350. The number of aromatic nitrogens is 1. The molecule has 1 aromatic carbocycles. The molecule has 2 aromatic rings. The number of anilines is 1. The van der Waals surface area contributed by atoms with Crippen LogP contribution < -0.4 is 10.2 Å². The van der Waals surface area contributed by atoms with Gasteiger partial charge in [-0.2, -0.15) is 0 Å². The van der Waals surface area contributed by atoms with Crippen LogP contribution in [-0.4, -0.2) is 48.4 Å². The normalized spacial score (nSPS) is 16.6. The smallest absolute Gasteiger partial charge is 0.225 e. The zero-order valence-electron chi connectivity index (χ0n) is 15.0. The number of nitrogens with one attached hydrogen (secondary N) is 1. The maximum atomic E-state index is 12.4. The van der Waals surface area contributed by atoms with Crippen molar-refractivity contribution in [1.29, 1.82) is 0 Å². The summed E-state index contributed by atoms with van der Waals surface area (Å²) >= 11 is 0. The Morgan fingerprint density at radius 1 is 1.23 bits per heavy atom. The minimum absolute atomic E-state index is 0.0309. The number of para-hydroxylation sites is 1. The van der Waals surface area contributed by atoms with Crippen molar-refractivity contribution in [2.24, 2.45) is 5.92 Å². The highest BCUT2D eigenvalue weighted by Gasteiger charge is 2.34. The molecule has 6 nitrogen and oxygen atoms in total. The number of hydrogen-bond donors (Lipinski definition) is 1. The molecule has 6 heteroatoms. The number of nitrogens with zero attached hydrogens (tertiary/aromatic N) is 3. The number of likely N-dealkylation sites (N-methyl/N-ethyl adjacent to an activating group) is 1. The van der Waals surface area contributed by atoms with Crippen molar-refractivity contribution >= 4 is 17.5 Å². The fourth-order valence-corrected chi connectivity index (χ4v) is 3.11. The van der Waals surface area contributed by atoms with Crippen LogP contribution in [0.15, 0.2) is 54.9 Å². The predicted octanol–water partition coefficient (Wildman–Crippen LogP) is 1.68. The van der Waals surface area contributed by atoms with E-state index < -0.39 is 0 Å². The first-order chi connectivity index (χ1) is 12.6. The Balaban J connectivity index is 1.44. The second-order valence-corrected chi connectivity index (χ2v) is 6.58. The van der Waals surface area contributed by atoms with Crippen LogP contribution in [0.25, 0.3) is 0 Å². The lowest BCUT2D eigenvalue weighted by Crippen LogP contribution is -2.37. The highest BCUT2D eigenvalue weighted by atomic mass is 16.2. The Morgan fingerprint density at radius 3 is 2.69 bits per heavy atom. The number of carbonyl (C=O) groups excluding carboxylic acids is 2. The van der Waals surface area contributed by atoms with E-state index in [1.807, 2.05) is 49.5 Å². The SMILES string of the molecule is CN(CCNC(=O)[C@H]1CC(=O)N(Cc2ccncc2)C1)c1ccccc1. The van der Waals surface area contributed by atoms with Crippen molar-refractivity contribution in [3.8, 4) is 0 Å². The van der Waals surface area contributed by atoms with Crippen molar-refractivity contribution in [3.05, 3.63) is 60.4 Å². The minimum Gasteiger partial charge on any atom is -0.373 e. The van der Waals surface area contributed by atoms with E-state index in [1.54, 1.807) is 17.3 Å². The van der Waals surface area contributed by atoms with Gasteiger partial charge in [0.25, 0.3) is 0 Å². The van der Waals surface area contributed by atoms with Crippen LogP contribution in [-0.2, 0) is 16.1 Å². The van der Waals surface area contributed by atoms with Gasteiger partial charge in [0.15, 0.2) is 0 Å². The Hall–Kier alpha value is -2.89. The molecule has 26 heavy (non-hydrogen) atoms. The maximum Gasteiger partial charge on any atom is 0.225 e. The van der Waals surface area contributed by atoms with Crippen molar-refractivity contribution in [2.75, 3.05) is 31.6 Å². The maximum absolute atomic E-state index is 12.4.